The van der Waals surface area contributed by atoms with Crippen LogP contribution in [0.2, 0.25) is 0 Å². The molecule has 0 saturated carbocycles. The number of aryl methyl sites for hydroxylation is 1. The summed E-state index contributed by atoms with van der Waals surface area (Å²) < 4.78 is 1.99. The molecule has 0 unspecified atom stereocenters. The van der Waals surface area contributed by atoms with E-state index in [1.54, 1.807) is 12.5 Å². The van der Waals surface area contributed by atoms with E-state index in [0.717, 1.165) is 30.5 Å². The standard InChI is InChI=1S/C15H20N4O/c16-7-6-13-4-1-2-5-14(13)15(20)18-8-3-10-19-11-9-17-12-19/h1-2,4-5,9,11-12H,3,6-8,10,16H2,(H,18,20). The lowest BCUT2D eigenvalue weighted by Gasteiger charge is -2.09. The maximum Gasteiger partial charge on any atom is 0.251 e. The fourth-order valence-electron chi connectivity index (χ4n) is 2.09. The number of nitrogens with two attached hydrogens (primary N) is 1. The van der Waals surface area contributed by atoms with Crippen molar-refractivity contribution in [3.63, 3.8) is 0 Å². The molecule has 5 nitrogen and oxygen atoms in total. The number of nitrogens with one attached hydrogen (secondary N) is 1. The number of rotatable bonds is 7. The van der Waals surface area contributed by atoms with Gasteiger partial charge in [-0.25, -0.2) is 4.98 Å². The summed E-state index contributed by atoms with van der Waals surface area (Å²) >= 11 is 0. The van der Waals surface area contributed by atoms with Crippen molar-refractivity contribution in [2.24, 2.45) is 5.73 Å². The van der Waals surface area contributed by atoms with E-state index in [1.807, 2.05) is 35.0 Å². The molecule has 0 atom stereocenters. The summed E-state index contributed by atoms with van der Waals surface area (Å²) in [6.07, 6.45) is 7.04. The Morgan fingerprint density at radius 2 is 2.20 bits per heavy atom. The van der Waals surface area contributed by atoms with Crippen LogP contribution in [0.5, 0.6) is 0 Å². The lowest BCUT2D eigenvalue weighted by atomic mass is 10.0. The molecule has 3 N–H and O–H groups in total. The molecule has 0 fully saturated rings. The molecule has 5 heteroatoms. The van der Waals surface area contributed by atoms with Gasteiger partial charge in [-0.3, -0.25) is 4.79 Å². The van der Waals surface area contributed by atoms with Gasteiger partial charge in [-0.05, 0) is 31.0 Å². The summed E-state index contributed by atoms with van der Waals surface area (Å²) in [5.74, 6) is -0.0281. The molecule has 0 aliphatic rings. The summed E-state index contributed by atoms with van der Waals surface area (Å²) in [5.41, 5.74) is 7.29. The van der Waals surface area contributed by atoms with Crippen LogP contribution >= 0.6 is 0 Å². The van der Waals surface area contributed by atoms with Crippen LogP contribution in [0.25, 0.3) is 0 Å². The number of benzene rings is 1. The Kier molecular flexibility index (Phi) is 5.32. The van der Waals surface area contributed by atoms with E-state index in [2.05, 4.69) is 10.3 Å². The summed E-state index contributed by atoms with van der Waals surface area (Å²) in [7, 11) is 0. The molecule has 0 aliphatic carbocycles. The molecule has 1 heterocycles. The Morgan fingerprint density at radius 3 is 2.95 bits per heavy atom. The average molecular weight is 272 g/mol. The molecule has 0 bridgehead atoms. The fourth-order valence-corrected chi connectivity index (χ4v) is 2.09. The van der Waals surface area contributed by atoms with E-state index in [4.69, 9.17) is 5.73 Å². The first-order valence-corrected chi connectivity index (χ1v) is 6.83. The third kappa shape index (κ3) is 3.93. The number of nitrogens with zero attached hydrogens (tertiary/aromatic N) is 2. The van der Waals surface area contributed by atoms with Gasteiger partial charge in [0.05, 0.1) is 6.33 Å². The van der Waals surface area contributed by atoms with E-state index in [0.29, 0.717) is 13.1 Å². The van der Waals surface area contributed by atoms with E-state index in [-0.39, 0.29) is 5.91 Å². The molecule has 1 aromatic carbocycles. The number of imidazole rings is 1. The van der Waals surface area contributed by atoms with Gasteiger partial charge in [0, 0.05) is 31.0 Å². The zero-order valence-electron chi connectivity index (χ0n) is 11.5. The van der Waals surface area contributed by atoms with E-state index >= 15 is 0 Å². The molecule has 0 radical (unpaired) electrons. The number of amides is 1. The van der Waals surface area contributed by atoms with Gasteiger partial charge in [-0.2, -0.15) is 0 Å². The Labute approximate surface area is 118 Å². The van der Waals surface area contributed by atoms with Crippen molar-refractivity contribution in [2.45, 2.75) is 19.4 Å². The molecular formula is C15H20N4O. The first kappa shape index (κ1) is 14.3. The monoisotopic (exact) mass is 272 g/mol. The predicted molar refractivity (Wildman–Crippen MR) is 78.4 cm³/mol. The highest BCUT2D eigenvalue weighted by molar-refractivity contribution is 5.95. The maximum atomic E-state index is 12.1. The minimum absolute atomic E-state index is 0.0281. The van der Waals surface area contributed by atoms with Crippen LogP contribution in [0.15, 0.2) is 43.0 Å². The van der Waals surface area contributed by atoms with Gasteiger partial charge in [0.1, 0.15) is 0 Å². The van der Waals surface area contributed by atoms with Crippen molar-refractivity contribution in [1.82, 2.24) is 14.9 Å². The van der Waals surface area contributed by atoms with E-state index < -0.39 is 0 Å². The minimum Gasteiger partial charge on any atom is -0.352 e. The highest BCUT2D eigenvalue weighted by atomic mass is 16.1. The van der Waals surface area contributed by atoms with Gasteiger partial charge in [0.25, 0.3) is 5.91 Å². The third-order valence-electron chi connectivity index (χ3n) is 3.11. The van der Waals surface area contributed by atoms with Crippen molar-refractivity contribution in [3.8, 4) is 0 Å². The predicted octanol–water partition coefficient (Wildman–Crippen LogP) is 1.20. The Hall–Kier alpha value is -2.14. The van der Waals surface area contributed by atoms with Crippen LogP contribution in [0.1, 0.15) is 22.3 Å². The molecule has 0 saturated heterocycles. The zero-order valence-corrected chi connectivity index (χ0v) is 11.5. The molecule has 1 amide bonds. The lowest BCUT2D eigenvalue weighted by Crippen LogP contribution is -2.26. The minimum atomic E-state index is -0.0281. The highest BCUT2D eigenvalue weighted by Crippen LogP contribution is 2.09. The van der Waals surface area contributed by atoms with Crippen molar-refractivity contribution in [3.05, 3.63) is 54.1 Å². The van der Waals surface area contributed by atoms with Crippen LogP contribution in [-0.2, 0) is 13.0 Å². The maximum absolute atomic E-state index is 12.1. The van der Waals surface area contributed by atoms with Gasteiger partial charge in [-0.1, -0.05) is 18.2 Å². The molecule has 1 aromatic heterocycles. The molecule has 0 aliphatic heterocycles. The topological polar surface area (TPSA) is 72.9 Å². The highest BCUT2D eigenvalue weighted by Gasteiger charge is 2.09. The molecule has 0 spiro atoms. The second-order valence-corrected chi connectivity index (χ2v) is 4.61. The summed E-state index contributed by atoms with van der Waals surface area (Å²) in [5, 5.41) is 2.95. The third-order valence-corrected chi connectivity index (χ3v) is 3.11. The molecular weight excluding hydrogens is 252 g/mol. The number of carbonyl (C=O) groups excluding carboxylic acids is 1. The summed E-state index contributed by atoms with van der Waals surface area (Å²) in [6.45, 7) is 2.05. The van der Waals surface area contributed by atoms with Crippen molar-refractivity contribution < 1.29 is 4.79 Å². The Balaban J connectivity index is 1.82. The van der Waals surface area contributed by atoms with Gasteiger partial charge in [0.15, 0.2) is 0 Å². The number of hydrogen-bond donors (Lipinski definition) is 2. The van der Waals surface area contributed by atoms with E-state index in [9.17, 15) is 4.79 Å². The first-order valence-electron chi connectivity index (χ1n) is 6.83. The van der Waals surface area contributed by atoms with Crippen LogP contribution in [0.4, 0.5) is 0 Å². The molecule has 106 valence electrons. The van der Waals surface area contributed by atoms with Crippen LogP contribution in [0, 0.1) is 0 Å². The SMILES string of the molecule is NCCc1ccccc1C(=O)NCCCn1ccnc1. The van der Waals surface area contributed by atoms with Crippen molar-refractivity contribution in [1.29, 1.82) is 0 Å². The lowest BCUT2D eigenvalue weighted by molar-refractivity contribution is 0.0952. The van der Waals surface area contributed by atoms with Gasteiger partial charge >= 0.3 is 0 Å². The normalized spacial score (nSPS) is 10.4. The van der Waals surface area contributed by atoms with Crippen LogP contribution in [0.3, 0.4) is 0 Å². The Bertz CT molecular complexity index is 537. The zero-order chi connectivity index (χ0) is 14.2. The number of carbonyl (C=O) groups is 1. The quantitative estimate of drug-likeness (QED) is 0.744. The summed E-state index contributed by atoms with van der Waals surface area (Å²) in [6, 6.07) is 7.60. The molecule has 2 aromatic rings. The molecule has 2 rings (SSSR count). The van der Waals surface area contributed by atoms with Gasteiger partial charge < -0.3 is 15.6 Å². The van der Waals surface area contributed by atoms with Gasteiger partial charge in [-0.15, -0.1) is 0 Å². The molecule has 20 heavy (non-hydrogen) atoms. The van der Waals surface area contributed by atoms with Crippen molar-refractivity contribution >= 4 is 5.91 Å². The van der Waals surface area contributed by atoms with E-state index in [1.165, 1.54) is 0 Å². The second-order valence-electron chi connectivity index (χ2n) is 4.61. The Morgan fingerprint density at radius 1 is 1.35 bits per heavy atom. The van der Waals surface area contributed by atoms with Crippen LogP contribution in [-0.4, -0.2) is 28.5 Å². The summed E-state index contributed by atoms with van der Waals surface area (Å²) in [4.78, 5) is 16.1. The van der Waals surface area contributed by atoms with Crippen LogP contribution < -0.4 is 11.1 Å². The first-order chi connectivity index (χ1) is 9.81. The van der Waals surface area contributed by atoms with Crippen molar-refractivity contribution in [2.75, 3.05) is 13.1 Å². The largest absolute Gasteiger partial charge is 0.352 e. The second kappa shape index (κ2) is 7.45. The average Bonchev–Trinajstić information content (AvgIpc) is 2.97. The van der Waals surface area contributed by atoms with Gasteiger partial charge in [0.2, 0.25) is 0 Å². The number of aromatic nitrogens is 2. The smallest absolute Gasteiger partial charge is 0.251 e. The number of hydrogen-bond acceptors (Lipinski definition) is 3. The fraction of sp³-hybridized carbons (Fsp3) is 0.333.